The van der Waals surface area contributed by atoms with Crippen LogP contribution in [-0.2, 0) is 13.6 Å². The number of nitrogens with zero attached hydrogens (tertiary/aromatic N) is 3. The Labute approximate surface area is 110 Å². The highest BCUT2D eigenvalue weighted by Gasteiger charge is 2.31. The molecule has 0 radical (unpaired) electrons. The zero-order valence-corrected chi connectivity index (χ0v) is 11.9. The molecule has 1 aliphatic rings. The maximum absolute atomic E-state index is 4.23. The predicted octanol–water partition coefficient (Wildman–Crippen LogP) is 1.63. The van der Waals surface area contributed by atoms with Crippen molar-refractivity contribution >= 4 is 0 Å². The second-order valence-electron chi connectivity index (χ2n) is 5.80. The summed E-state index contributed by atoms with van der Waals surface area (Å²) in [5.41, 5.74) is 1.82. The van der Waals surface area contributed by atoms with Gasteiger partial charge in [-0.05, 0) is 44.8 Å². The van der Waals surface area contributed by atoms with E-state index in [1.54, 1.807) is 0 Å². The van der Waals surface area contributed by atoms with Crippen LogP contribution in [0, 0.1) is 5.41 Å². The van der Waals surface area contributed by atoms with E-state index in [1.807, 2.05) is 17.9 Å². The van der Waals surface area contributed by atoms with Gasteiger partial charge >= 0.3 is 0 Å². The van der Waals surface area contributed by atoms with E-state index in [-0.39, 0.29) is 0 Å². The number of piperidine rings is 1. The molecule has 0 amide bonds. The highest BCUT2D eigenvalue weighted by Crippen LogP contribution is 2.33. The van der Waals surface area contributed by atoms with Gasteiger partial charge in [-0.25, -0.2) is 0 Å². The average molecular weight is 250 g/mol. The zero-order valence-electron chi connectivity index (χ0n) is 11.9. The summed E-state index contributed by atoms with van der Waals surface area (Å²) in [6.07, 6.45) is 7.98. The lowest BCUT2D eigenvalue weighted by molar-refractivity contribution is 0.119. The molecule has 4 heteroatoms. The number of aromatic nitrogens is 2. The van der Waals surface area contributed by atoms with Gasteiger partial charge in [-0.15, -0.1) is 0 Å². The van der Waals surface area contributed by atoms with Crippen molar-refractivity contribution in [2.45, 2.75) is 32.7 Å². The van der Waals surface area contributed by atoms with Gasteiger partial charge in [0.15, 0.2) is 0 Å². The number of hydrogen-bond donors (Lipinski definition) is 1. The van der Waals surface area contributed by atoms with Crippen molar-refractivity contribution in [3.8, 4) is 0 Å². The molecule has 0 aliphatic carbocycles. The maximum Gasteiger partial charge on any atom is 0.0534 e. The molecule has 0 bridgehead atoms. The summed E-state index contributed by atoms with van der Waals surface area (Å²) in [7, 11) is 4.20. The monoisotopic (exact) mass is 250 g/mol. The Hall–Kier alpha value is -0.870. The fourth-order valence-corrected chi connectivity index (χ4v) is 3.07. The van der Waals surface area contributed by atoms with Crippen molar-refractivity contribution in [1.82, 2.24) is 20.0 Å². The summed E-state index contributed by atoms with van der Waals surface area (Å²) < 4.78 is 1.88. The van der Waals surface area contributed by atoms with Crippen LogP contribution in [0.1, 0.15) is 31.7 Å². The van der Waals surface area contributed by atoms with Crippen LogP contribution < -0.4 is 5.32 Å². The van der Waals surface area contributed by atoms with Gasteiger partial charge in [0.05, 0.1) is 6.20 Å². The molecule has 2 rings (SSSR count). The molecule has 1 aromatic rings. The minimum atomic E-state index is 0.516. The molecule has 1 aliphatic heterocycles. The molecule has 1 N–H and O–H groups in total. The van der Waals surface area contributed by atoms with Gasteiger partial charge < -0.3 is 10.2 Å². The molecule has 1 fully saturated rings. The Bertz CT molecular complexity index is 366. The Balaban J connectivity index is 1.90. The molecule has 0 unspecified atom stereocenters. The first-order valence-electron chi connectivity index (χ1n) is 7.00. The second-order valence-corrected chi connectivity index (χ2v) is 5.80. The van der Waals surface area contributed by atoms with Crippen LogP contribution in [-0.4, -0.2) is 41.4 Å². The van der Waals surface area contributed by atoms with E-state index < -0.39 is 0 Å². The van der Waals surface area contributed by atoms with E-state index in [9.17, 15) is 0 Å². The second kappa shape index (κ2) is 5.85. The van der Waals surface area contributed by atoms with Gasteiger partial charge in [-0.3, -0.25) is 4.68 Å². The summed E-state index contributed by atoms with van der Waals surface area (Å²) in [5.74, 6) is 0. The van der Waals surface area contributed by atoms with Gasteiger partial charge in [0.1, 0.15) is 0 Å². The smallest absolute Gasteiger partial charge is 0.0534 e. The topological polar surface area (TPSA) is 33.1 Å². The zero-order chi connectivity index (χ0) is 13.0. The summed E-state index contributed by atoms with van der Waals surface area (Å²) in [6, 6.07) is 0. The molecular formula is C14H26N4. The Morgan fingerprint density at radius 2 is 2.17 bits per heavy atom. The Morgan fingerprint density at radius 3 is 2.72 bits per heavy atom. The van der Waals surface area contributed by atoms with Crippen molar-refractivity contribution in [3.63, 3.8) is 0 Å². The first-order valence-corrected chi connectivity index (χ1v) is 7.00. The SMILES string of the molecule is CCC1(CN(C)Cc2cnn(C)c2)CCNCC1. The average Bonchev–Trinajstić information content (AvgIpc) is 2.75. The third kappa shape index (κ3) is 3.33. The van der Waals surface area contributed by atoms with E-state index in [4.69, 9.17) is 0 Å². The van der Waals surface area contributed by atoms with Crippen molar-refractivity contribution in [3.05, 3.63) is 18.0 Å². The number of hydrogen-bond acceptors (Lipinski definition) is 3. The van der Waals surface area contributed by atoms with Crippen molar-refractivity contribution in [1.29, 1.82) is 0 Å². The minimum absolute atomic E-state index is 0.516. The first-order chi connectivity index (χ1) is 8.63. The van der Waals surface area contributed by atoms with E-state index >= 15 is 0 Å². The molecule has 1 saturated heterocycles. The first kappa shape index (κ1) is 13.6. The van der Waals surface area contributed by atoms with Crippen LogP contribution in [0.2, 0.25) is 0 Å². The molecule has 1 aromatic heterocycles. The van der Waals surface area contributed by atoms with E-state index in [0.29, 0.717) is 5.41 Å². The molecule has 0 spiro atoms. The van der Waals surface area contributed by atoms with Crippen LogP contribution in [0.5, 0.6) is 0 Å². The van der Waals surface area contributed by atoms with Crippen LogP contribution >= 0.6 is 0 Å². The summed E-state index contributed by atoms with van der Waals surface area (Å²) in [5, 5.41) is 7.70. The molecule has 0 atom stereocenters. The number of nitrogens with one attached hydrogen (secondary N) is 1. The van der Waals surface area contributed by atoms with Gasteiger partial charge in [-0.1, -0.05) is 6.92 Å². The van der Waals surface area contributed by atoms with Crippen molar-refractivity contribution < 1.29 is 0 Å². The summed E-state index contributed by atoms with van der Waals surface area (Å²) >= 11 is 0. The summed E-state index contributed by atoms with van der Waals surface area (Å²) in [6.45, 7) is 6.88. The van der Waals surface area contributed by atoms with Gasteiger partial charge in [-0.2, -0.15) is 5.10 Å². The third-order valence-corrected chi connectivity index (χ3v) is 4.23. The van der Waals surface area contributed by atoms with Crippen molar-refractivity contribution in [2.24, 2.45) is 12.5 Å². The highest BCUT2D eigenvalue weighted by atomic mass is 15.2. The van der Waals surface area contributed by atoms with Crippen LogP contribution in [0.15, 0.2) is 12.4 Å². The van der Waals surface area contributed by atoms with Crippen molar-refractivity contribution in [2.75, 3.05) is 26.7 Å². The Morgan fingerprint density at radius 1 is 1.44 bits per heavy atom. The van der Waals surface area contributed by atoms with E-state index in [2.05, 4.69) is 35.5 Å². The minimum Gasteiger partial charge on any atom is -0.317 e. The lowest BCUT2D eigenvalue weighted by Crippen LogP contribution is -2.43. The van der Waals surface area contributed by atoms with E-state index in [0.717, 1.165) is 6.54 Å². The van der Waals surface area contributed by atoms with Crippen LogP contribution in [0.4, 0.5) is 0 Å². The molecule has 0 saturated carbocycles. The standard InChI is InChI=1S/C14H26N4/c1-4-14(5-7-15-8-6-14)12-17(2)10-13-9-16-18(3)11-13/h9,11,15H,4-8,10,12H2,1-3H3. The number of rotatable bonds is 5. The number of aryl methyl sites for hydroxylation is 1. The molecule has 102 valence electrons. The molecular weight excluding hydrogens is 224 g/mol. The predicted molar refractivity (Wildman–Crippen MR) is 74.4 cm³/mol. The van der Waals surface area contributed by atoms with Gasteiger partial charge in [0.2, 0.25) is 0 Å². The normalized spacial score (nSPS) is 19.3. The van der Waals surface area contributed by atoms with Gasteiger partial charge in [0, 0.05) is 31.9 Å². The third-order valence-electron chi connectivity index (χ3n) is 4.23. The fourth-order valence-electron chi connectivity index (χ4n) is 3.07. The fraction of sp³-hybridized carbons (Fsp3) is 0.786. The maximum atomic E-state index is 4.23. The molecule has 0 aromatic carbocycles. The highest BCUT2D eigenvalue weighted by molar-refractivity contribution is 5.03. The van der Waals surface area contributed by atoms with Crippen LogP contribution in [0.3, 0.4) is 0 Å². The quantitative estimate of drug-likeness (QED) is 0.862. The lowest BCUT2D eigenvalue weighted by Gasteiger charge is -2.39. The summed E-state index contributed by atoms with van der Waals surface area (Å²) in [4.78, 5) is 2.45. The van der Waals surface area contributed by atoms with Crippen LogP contribution in [0.25, 0.3) is 0 Å². The van der Waals surface area contributed by atoms with Gasteiger partial charge in [0.25, 0.3) is 0 Å². The Kier molecular flexibility index (Phi) is 4.40. The van der Waals surface area contributed by atoms with E-state index in [1.165, 1.54) is 44.5 Å². The molecule has 2 heterocycles. The largest absolute Gasteiger partial charge is 0.317 e. The molecule has 18 heavy (non-hydrogen) atoms. The molecule has 4 nitrogen and oxygen atoms in total. The lowest BCUT2D eigenvalue weighted by atomic mass is 9.76.